The average molecular weight is 421 g/mol. The standard InChI is InChI=1S/C23H24FN5O2/c1-8-15(22(24)27-12(2)3)16-9-17-18(10-20(16)31-7)26-11-19-21(17)29(14(5)13(4)25)23(30)28(19)6/h8-11,25H,2,5H2,1,3-4,6-7H3/b15-8-,25-13?,27-22?. The molecule has 1 N–H and O–H groups in total. The highest BCUT2D eigenvalue weighted by Gasteiger charge is 2.21. The first-order valence-electron chi connectivity index (χ1n) is 9.52. The van der Waals surface area contributed by atoms with E-state index in [9.17, 15) is 9.18 Å². The lowest BCUT2D eigenvalue weighted by Gasteiger charge is -2.13. The number of hydrogen-bond donors (Lipinski definition) is 1. The molecule has 0 aliphatic heterocycles. The number of allylic oxidation sites excluding steroid dienone is 4. The van der Waals surface area contributed by atoms with Crippen molar-refractivity contribution in [2.45, 2.75) is 20.8 Å². The SMILES string of the molecule is C=C(C)N=C(F)/C(=C\C)c1cc2c(cc1OC)ncc1c2n(C(=C)C(C)=N)c(=O)n1C. The van der Waals surface area contributed by atoms with Crippen molar-refractivity contribution >= 4 is 44.9 Å². The monoisotopic (exact) mass is 421 g/mol. The molecule has 0 saturated heterocycles. The number of aromatic nitrogens is 3. The molecule has 0 aliphatic carbocycles. The van der Waals surface area contributed by atoms with Crippen LogP contribution in [-0.2, 0) is 7.05 Å². The van der Waals surface area contributed by atoms with Gasteiger partial charge in [-0.15, -0.1) is 0 Å². The van der Waals surface area contributed by atoms with Crippen molar-refractivity contribution in [2.24, 2.45) is 12.0 Å². The van der Waals surface area contributed by atoms with Crippen LogP contribution in [0.2, 0.25) is 0 Å². The number of hydrogen-bond acceptors (Lipinski definition) is 5. The van der Waals surface area contributed by atoms with Crippen LogP contribution >= 0.6 is 0 Å². The molecular weight excluding hydrogens is 397 g/mol. The first kappa shape index (κ1) is 21.9. The predicted octanol–water partition coefficient (Wildman–Crippen LogP) is 4.71. The maximum Gasteiger partial charge on any atom is 0.333 e. The van der Waals surface area contributed by atoms with Gasteiger partial charge in [0.15, 0.2) is 0 Å². The van der Waals surface area contributed by atoms with Gasteiger partial charge < -0.3 is 10.1 Å². The lowest BCUT2D eigenvalue weighted by Crippen LogP contribution is -2.23. The third-order valence-corrected chi connectivity index (χ3v) is 5.00. The number of nitrogens with zero attached hydrogens (tertiary/aromatic N) is 4. The van der Waals surface area contributed by atoms with Gasteiger partial charge >= 0.3 is 5.69 Å². The van der Waals surface area contributed by atoms with Gasteiger partial charge in [0.2, 0.25) is 5.97 Å². The Hall–Kier alpha value is -3.81. The summed E-state index contributed by atoms with van der Waals surface area (Å²) in [4.78, 5) is 21.2. The van der Waals surface area contributed by atoms with Crippen LogP contribution in [0.25, 0.3) is 33.2 Å². The Labute approximate surface area is 179 Å². The zero-order chi connectivity index (χ0) is 23.0. The number of methoxy groups -OCH3 is 1. The Morgan fingerprint density at radius 1 is 1.32 bits per heavy atom. The maximum atomic E-state index is 14.9. The number of rotatable bonds is 6. The van der Waals surface area contributed by atoms with E-state index >= 15 is 0 Å². The quantitative estimate of drug-likeness (QED) is 0.585. The minimum atomic E-state index is -0.696. The van der Waals surface area contributed by atoms with Crippen LogP contribution < -0.4 is 10.4 Å². The molecule has 0 atom stereocenters. The molecule has 160 valence electrons. The number of halogens is 1. The lowest BCUT2D eigenvalue weighted by molar-refractivity contribution is 0.414. The summed E-state index contributed by atoms with van der Waals surface area (Å²) in [6.45, 7) is 12.4. The number of pyridine rings is 1. The maximum absolute atomic E-state index is 14.9. The van der Waals surface area contributed by atoms with Crippen LogP contribution in [0, 0.1) is 5.41 Å². The summed E-state index contributed by atoms with van der Waals surface area (Å²) in [7, 11) is 3.12. The fourth-order valence-corrected chi connectivity index (χ4v) is 3.44. The second-order valence-electron chi connectivity index (χ2n) is 7.15. The van der Waals surface area contributed by atoms with Gasteiger partial charge in [-0.1, -0.05) is 19.2 Å². The van der Waals surface area contributed by atoms with Crippen molar-refractivity contribution in [3.63, 3.8) is 0 Å². The summed E-state index contributed by atoms with van der Waals surface area (Å²) < 4.78 is 23.2. The first-order chi connectivity index (χ1) is 14.6. The van der Waals surface area contributed by atoms with Crippen LogP contribution in [0.4, 0.5) is 4.39 Å². The molecule has 0 saturated carbocycles. The molecule has 0 unspecified atom stereocenters. The van der Waals surface area contributed by atoms with E-state index in [-0.39, 0.29) is 22.7 Å². The summed E-state index contributed by atoms with van der Waals surface area (Å²) in [5.74, 6) is -0.288. The number of nitrogens with one attached hydrogen (secondary N) is 1. The van der Waals surface area contributed by atoms with Gasteiger partial charge in [0, 0.05) is 35.3 Å². The van der Waals surface area contributed by atoms with Crippen LogP contribution in [-0.4, -0.2) is 32.9 Å². The van der Waals surface area contributed by atoms with Crippen molar-refractivity contribution in [1.82, 2.24) is 14.1 Å². The second kappa shape index (κ2) is 8.14. The molecule has 2 aromatic heterocycles. The van der Waals surface area contributed by atoms with Gasteiger partial charge in [0.05, 0.1) is 41.3 Å². The summed E-state index contributed by atoms with van der Waals surface area (Å²) in [5, 5.41) is 8.56. The van der Waals surface area contributed by atoms with Crippen molar-refractivity contribution in [3.05, 3.63) is 59.3 Å². The highest BCUT2D eigenvalue weighted by atomic mass is 19.1. The topological polar surface area (TPSA) is 85.3 Å². The number of aliphatic imine (C=N–C) groups is 1. The van der Waals surface area contributed by atoms with Gasteiger partial charge in [-0.3, -0.25) is 14.1 Å². The molecule has 0 radical (unpaired) electrons. The third-order valence-electron chi connectivity index (χ3n) is 5.00. The molecule has 31 heavy (non-hydrogen) atoms. The molecule has 0 amide bonds. The summed E-state index contributed by atoms with van der Waals surface area (Å²) in [5.41, 5.74) is 2.72. The minimum Gasteiger partial charge on any atom is -0.496 e. The Morgan fingerprint density at radius 2 is 2.00 bits per heavy atom. The molecular formula is C23H24FN5O2. The van der Waals surface area contributed by atoms with Crippen molar-refractivity contribution in [1.29, 1.82) is 5.41 Å². The number of fused-ring (bicyclic) bond motifs is 3. The Morgan fingerprint density at radius 3 is 2.55 bits per heavy atom. The molecule has 0 fully saturated rings. The van der Waals surface area contributed by atoms with Gasteiger partial charge in [-0.2, -0.15) is 4.39 Å². The number of ether oxygens (including phenoxy) is 1. The smallest absolute Gasteiger partial charge is 0.333 e. The Balaban J connectivity index is 2.50. The largest absolute Gasteiger partial charge is 0.496 e. The van der Waals surface area contributed by atoms with Crippen molar-refractivity contribution in [3.8, 4) is 5.75 Å². The zero-order valence-corrected chi connectivity index (χ0v) is 18.2. The van der Waals surface area contributed by atoms with Gasteiger partial charge in [0.25, 0.3) is 0 Å². The molecule has 0 aliphatic rings. The zero-order valence-electron chi connectivity index (χ0n) is 18.2. The van der Waals surface area contributed by atoms with E-state index in [2.05, 4.69) is 23.1 Å². The van der Waals surface area contributed by atoms with Gasteiger partial charge in [0.1, 0.15) is 5.75 Å². The van der Waals surface area contributed by atoms with E-state index in [1.165, 1.54) is 16.2 Å². The van der Waals surface area contributed by atoms with E-state index in [0.717, 1.165) is 0 Å². The number of aryl methyl sites for hydroxylation is 1. The molecule has 0 bridgehead atoms. The first-order valence-corrected chi connectivity index (χ1v) is 9.52. The fourth-order valence-electron chi connectivity index (χ4n) is 3.44. The van der Waals surface area contributed by atoms with Crippen LogP contribution in [0.5, 0.6) is 5.75 Å². The normalized spacial score (nSPS) is 12.5. The Kier molecular flexibility index (Phi) is 5.75. The molecule has 8 heteroatoms. The van der Waals surface area contributed by atoms with E-state index in [1.807, 2.05) is 0 Å². The minimum absolute atomic E-state index is 0.155. The van der Waals surface area contributed by atoms with Crippen LogP contribution in [0.1, 0.15) is 26.3 Å². The van der Waals surface area contributed by atoms with Gasteiger partial charge in [-0.25, -0.2) is 9.79 Å². The van der Waals surface area contributed by atoms with Gasteiger partial charge in [-0.05, 0) is 26.8 Å². The molecule has 3 aromatic rings. The molecule has 0 spiro atoms. The summed E-state index contributed by atoms with van der Waals surface area (Å²) in [6.07, 6.45) is 3.18. The van der Waals surface area contributed by atoms with E-state index in [1.54, 1.807) is 52.2 Å². The summed E-state index contributed by atoms with van der Waals surface area (Å²) in [6, 6.07) is 3.40. The second-order valence-corrected chi connectivity index (χ2v) is 7.15. The van der Waals surface area contributed by atoms with Crippen molar-refractivity contribution < 1.29 is 9.13 Å². The fraction of sp³-hybridized carbons (Fsp3) is 0.217. The highest BCUT2D eigenvalue weighted by Crippen LogP contribution is 2.35. The number of imidazole rings is 1. The van der Waals surface area contributed by atoms with Crippen molar-refractivity contribution in [2.75, 3.05) is 7.11 Å². The lowest BCUT2D eigenvalue weighted by atomic mass is 10.0. The summed E-state index contributed by atoms with van der Waals surface area (Å²) >= 11 is 0. The van der Waals surface area contributed by atoms with E-state index < -0.39 is 5.97 Å². The van der Waals surface area contributed by atoms with Crippen LogP contribution in [0.15, 0.2) is 53.0 Å². The van der Waals surface area contributed by atoms with E-state index in [4.69, 9.17) is 10.1 Å². The highest BCUT2D eigenvalue weighted by molar-refractivity contribution is 6.22. The molecule has 3 rings (SSSR count). The third kappa shape index (κ3) is 3.61. The molecule has 1 aromatic carbocycles. The van der Waals surface area contributed by atoms with Crippen LogP contribution in [0.3, 0.4) is 0 Å². The van der Waals surface area contributed by atoms with E-state index in [0.29, 0.717) is 38.9 Å². The molecule has 7 nitrogen and oxygen atoms in total. The number of benzene rings is 1. The Bertz CT molecular complexity index is 1390. The molecule has 2 heterocycles. The average Bonchev–Trinajstić information content (AvgIpc) is 2.97. The predicted molar refractivity (Wildman–Crippen MR) is 125 cm³/mol.